The summed E-state index contributed by atoms with van der Waals surface area (Å²) in [4.78, 5) is 12.7. The van der Waals surface area contributed by atoms with E-state index in [-0.39, 0.29) is 22.0 Å². The van der Waals surface area contributed by atoms with Gasteiger partial charge in [0.1, 0.15) is 6.54 Å². The van der Waals surface area contributed by atoms with Gasteiger partial charge in [0.15, 0.2) is 0 Å². The minimum absolute atomic E-state index is 0.0542. The molecule has 3 aromatic rings. The van der Waals surface area contributed by atoms with Gasteiger partial charge in [0.25, 0.3) is 10.0 Å². The average Bonchev–Trinajstić information content (AvgIpc) is 2.75. The van der Waals surface area contributed by atoms with Crippen molar-refractivity contribution in [2.75, 3.05) is 16.2 Å². The number of nitrogens with one attached hydrogen (secondary N) is 1. The summed E-state index contributed by atoms with van der Waals surface area (Å²) in [5.41, 5.74) is 1.53. The lowest BCUT2D eigenvalue weighted by Crippen LogP contribution is -2.38. The molecule has 0 aliphatic heterocycles. The molecule has 1 amide bonds. The number of hydrogen-bond donors (Lipinski definition) is 1. The number of benzene rings is 3. The van der Waals surface area contributed by atoms with Crippen LogP contribution in [0.3, 0.4) is 0 Å². The van der Waals surface area contributed by atoms with Crippen molar-refractivity contribution in [3.8, 4) is 6.07 Å². The predicted octanol–water partition coefficient (Wildman–Crippen LogP) is 4.24. The first kappa shape index (κ1) is 21.4. The van der Waals surface area contributed by atoms with E-state index in [1.54, 1.807) is 66.7 Å². The van der Waals surface area contributed by atoms with Crippen LogP contribution in [0.5, 0.6) is 0 Å². The average molecular weight is 440 g/mol. The van der Waals surface area contributed by atoms with E-state index < -0.39 is 22.5 Å². The number of amides is 1. The molecule has 8 heteroatoms. The van der Waals surface area contributed by atoms with E-state index in [4.69, 9.17) is 16.9 Å². The molecule has 0 saturated heterocycles. The number of sulfonamides is 1. The Hall–Kier alpha value is -3.34. The number of nitriles is 1. The van der Waals surface area contributed by atoms with Crippen LogP contribution in [0.4, 0.5) is 11.4 Å². The molecule has 0 aromatic heterocycles. The number of rotatable bonds is 7. The standard InChI is InChI=1S/C22H18ClN3O3S/c23-20-8-4-5-9-21(20)26(30(28,29)19-6-2-1-3-7-19)16-22(27)25-18-12-10-17(11-13-18)14-15-24/h1-13H,14,16H2,(H,25,27). The lowest BCUT2D eigenvalue weighted by molar-refractivity contribution is -0.114. The normalized spacial score (nSPS) is 10.8. The molecule has 0 aliphatic rings. The molecule has 0 bridgehead atoms. The van der Waals surface area contributed by atoms with Gasteiger partial charge in [-0.1, -0.05) is 54.1 Å². The Labute approximate surface area is 180 Å². The molecule has 30 heavy (non-hydrogen) atoms. The van der Waals surface area contributed by atoms with Gasteiger partial charge in [-0.25, -0.2) is 8.42 Å². The maximum absolute atomic E-state index is 13.2. The molecule has 152 valence electrons. The summed E-state index contributed by atoms with van der Waals surface area (Å²) in [5, 5.41) is 11.6. The summed E-state index contributed by atoms with van der Waals surface area (Å²) in [6.07, 6.45) is 0.268. The molecular formula is C22H18ClN3O3S. The quantitative estimate of drug-likeness (QED) is 0.596. The Kier molecular flexibility index (Phi) is 6.72. The van der Waals surface area contributed by atoms with Crippen LogP contribution in [0, 0.1) is 11.3 Å². The molecule has 6 nitrogen and oxygen atoms in total. The Balaban J connectivity index is 1.89. The zero-order valence-corrected chi connectivity index (χ0v) is 17.4. The van der Waals surface area contributed by atoms with E-state index in [1.807, 2.05) is 0 Å². The molecule has 0 saturated carbocycles. The minimum Gasteiger partial charge on any atom is -0.325 e. The van der Waals surface area contributed by atoms with Crippen molar-refractivity contribution in [1.82, 2.24) is 0 Å². The van der Waals surface area contributed by atoms with E-state index in [0.717, 1.165) is 9.87 Å². The van der Waals surface area contributed by atoms with Crippen LogP contribution < -0.4 is 9.62 Å². The van der Waals surface area contributed by atoms with E-state index in [2.05, 4.69) is 11.4 Å². The number of hydrogen-bond acceptors (Lipinski definition) is 4. The summed E-state index contributed by atoms with van der Waals surface area (Å²) in [6.45, 7) is -0.457. The van der Waals surface area contributed by atoms with E-state index >= 15 is 0 Å². The predicted molar refractivity (Wildman–Crippen MR) is 117 cm³/mol. The number of carbonyl (C=O) groups is 1. The number of carbonyl (C=O) groups excluding carboxylic acids is 1. The highest BCUT2D eigenvalue weighted by atomic mass is 35.5. The smallest absolute Gasteiger partial charge is 0.264 e. The highest BCUT2D eigenvalue weighted by Crippen LogP contribution is 2.30. The molecule has 0 radical (unpaired) electrons. The molecular weight excluding hydrogens is 422 g/mol. The van der Waals surface area contributed by atoms with Gasteiger partial charge in [-0.3, -0.25) is 9.10 Å². The van der Waals surface area contributed by atoms with Crippen LogP contribution in [0.25, 0.3) is 0 Å². The van der Waals surface area contributed by atoms with Gasteiger partial charge in [-0.05, 0) is 42.0 Å². The first-order chi connectivity index (χ1) is 14.4. The van der Waals surface area contributed by atoms with Crippen molar-refractivity contribution < 1.29 is 13.2 Å². The van der Waals surface area contributed by atoms with E-state index in [9.17, 15) is 13.2 Å². The topological polar surface area (TPSA) is 90.3 Å². The second-order valence-electron chi connectivity index (χ2n) is 6.36. The molecule has 3 rings (SSSR count). The van der Waals surface area contributed by atoms with Crippen molar-refractivity contribution in [1.29, 1.82) is 5.26 Å². The summed E-state index contributed by atoms with van der Waals surface area (Å²) in [7, 11) is -4.03. The summed E-state index contributed by atoms with van der Waals surface area (Å²) in [5.74, 6) is -0.526. The first-order valence-corrected chi connectivity index (χ1v) is 10.8. The van der Waals surface area contributed by atoms with Crippen molar-refractivity contribution in [3.05, 3.63) is 89.4 Å². The third kappa shape index (κ3) is 4.98. The first-order valence-electron chi connectivity index (χ1n) is 9.00. The van der Waals surface area contributed by atoms with E-state index in [1.165, 1.54) is 12.1 Å². The minimum atomic E-state index is -4.03. The SMILES string of the molecule is N#CCc1ccc(NC(=O)CN(c2ccccc2Cl)S(=O)(=O)c2ccccc2)cc1. The van der Waals surface area contributed by atoms with Crippen LogP contribution in [0.1, 0.15) is 5.56 Å². The van der Waals surface area contributed by atoms with Crippen LogP contribution in [-0.4, -0.2) is 20.9 Å². The summed E-state index contributed by atoms with van der Waals surface area (Å²) in [6, 6.07) is 23.1. The van der Waals surface area contributed by atoms with Gasteiger partial charge in [0.05, 0.1) is 28.1 Å². The zero-order chi connectivity index (χ0) is 21.6. The van der Waals surface area contributed by atoms with Crippen LogP contribution in [0.2, 0.25) is 5.02 Å². The number of nitrogens with zero attached hydrogens (tertiary/aromatic N) is 2. The third-order valence-electron chi connectivity index (χ3n) is 4.26. The fraction of sp³-hybridized carbons (Fsp3) is 0.0909. The van der Waals surface area contributed by atoms with Crippen LogP contribution >= 0.6 is 11.6 Å². The lowest BCUT2D eigenvalue weighted by Gasteiger charge is -2.25. The highest BCUT2D eigenvalue weighted by molar-refractivity contribution is 7.92. The molecule has 0 aliphatic carbocycles. The Bertz CT molecular complexity index is 1170. The number of halogens is 1. The monoisotopic (exact) mass is 439 g/mol. The third-order valence-corrected chi connectivity index (χ3v) is 6.35. The van der Waals surface area contributed by atoms with E-state index in [0.29, 0.717) is 5.69 Å². The fourth-order valence-corrected chi connectivity index (χ4v) is 4.55. The molecule has 0 spiro atoms. The zero-order valence-electron chi connectivity index (χ0n) is 15.8. The summed E-state index contributed by atoms with van der Waals surface area (Å²) >= 11 is 6.24. The highest BCUT2D eigenvalue weighted by Gasteiger charge is 2.28. The maximum atomic E-state index is 13.2. The van der Waals surface area contributed by atoms with Crippen LogP contribution in [-0.2, 0) is 21.2 Å². The van der Waals surface area contributed by atoms with Gasteiger partial charge in [0, 0.05) is 5.69 Å². The van der Waals surface area contributed by atoms with Gasteiger partial charge < -0.3 is 5.32 Å². The van der Waals surface area contributed by atoms with Gasteiger partial charge in [-0.15, -0.1) is 0 Å². The fourth-order valence-electron chi connectivity index (χ4n) is 2.80. The molecule has 0 fully saturated rings. The largest absolute Gasteiger partial charge is 0.325 e. The molecule has 0 heterocycles. The molecule has 0 unspecified atom stereocenters. The lowest BCUT2D eigenvalue weighted by atomic mass is 10.1. The molecule has 1 N–H and O–H groups in total. The van der Waals surface area contributed by atoms with Gasteiger partial charge in [0.2, 0.25) is 5.91 Å². The number of para-hydroxylation sites is 1. The second-order valence-corrected chi connectivity index (χ2v) is 8.63. The molecule has 0 atom stereocenters. The van der Waals surface area contributed by atoms with Crippen LogP contribution in [0.15, 0.2) is 83.8 Å². The summed E-state index contributed by atoms with van der Waals surface area (Å²) < 4.78 is 27.5. The number of anilines is 2. The van der Waals surface area contributed by atoms with Crippen molar-refractivity contribution >= 4 is 38.9 Å². The Morgan fingerprint density at radius 3 is 2.23 bits per heavy atom. The Morgan fingerprint density at radius 1 is 0.967 bits per heavy atom. The van der Waals surface area contributed by atoms with Crippen molar-refractivity contribution in [2.24, 2.45) is 0 Å². The Morgan fingerprint density at radius 2 is 1.60 bits per heavy atom. The van der Waals surface area contributed by atoms with Gasteiger partial charge in [-0.2, -0.15) is 5.26 Å². The van der Waals surface area contributed by atoms with Crippen molar-refractivity contribution in [3.63, 3.8) is 0 Å². The van der Waals surface area contributed by atoms with Crippen molar-refractivity contribution in [2.45, 2.75) is 11.3 Å². The maximum Gasteiger partial charge on any atom is 0.264 e. The second kappa shape index (κ2) is 9.44. The molecule has 3 aromatic carbocycles. The van der Waals surface area contributed by atoms with Gasteiger partial charge >= 0.3 is 0 Å².